The first-order valence-electron chi connectivity index (χ1n) is 12.8. The molecule has 9 heteroatoms. The number of ketones is 1. The number of esters is 1. The predicted molar refractivity (Wildman–Crippen MR) is 138 cm³/mol. The fourth-order valence-electron chi connectivity index (χ4n) is 5.14. The van der Waals surface area contributed by atoms with Gasteiger partial charge >= 0.3 is 5.97 Å². The number of aryl methyl sites for hydroxylation is 2. The van der Waals surface area contributed by atoms with Crippen molar-refractivity contribution in [1.82, 2.24) is 14.8 Å². The van der Waals surface area contributed by atoms with E-state index >= 15 is 0 Å². The van der Waals surface area contributed by atoms with E-state index in [2.05, 4.69) is 9.88 Å². The number of hydrogen-bond donors (Lipinski definition) is 2. The summed E-state index contributed by atoms with van der Waals surface area (Å²) in [5.74, 6) is -2.19. The largest absolute Gasteiger partial charge is 0.507 e. The van der Waals surface area contributed by atoms with Gasteiger partial charge in [-0.2, -0.15) is 0 Å². The van der Waals surface area contributed by atoms with Gasteiger partial charge in [-0.15, -0.1) is 0 Å². The van der Waals surface area contributed by atoms with E-state index in [4.69, 9.17) is 9.47 Å². The van der Waals surface area contributed by atoms with E-state index in [9.17, 15) is 19.5 Å². The van der Waals surface area contributed by atoms with E-state index in [-0.39, 0.29) is 23.6 Å². The number of hydrogen-bond acceptors (Lipinski definition) is 7. The van der Waals surface area contributed by atoms with Crippen molar-refractivity contribution in [3.63, 3.8) is 0 Å². The number of benzene rings is 1. The summed E-state index contributed by atoms with van der Waals surface area (Å²) in [7, 11) is 0. The molecule has 0 saturated carbocycles. The first-order valence-corrected chi connectivity index (χ1v) is 12.8. The quantitative estimate of drug-likeness (QED) is 0.243. The standard InChI is InChI=1S/C28H35N3O6/c1-5-37-28(35)23-18(3)21(19(4)29-23)25(32)22-24(20-9-7-17(2)8-10-20)31(27(34)26(22)33)12-6-11-30-13-15-36-16-14-30/h7-10,24,29,32H,5-6,11-16H2,1-4H3/b25-22+/t24-/m0/s1. The maximum absolute atomic E-state index is 13.4. The Morgan fingerprint density at radius 3 is 2.43 bits per heavy atom. The summed E-state index contributed by atoms with van der Waals surface area (Å²) in [6, 6.07) is 6.89. The SMILES string of the molecule is CCOC(=O)c1[nH]c(C)c(/C(O)=C2\C(=O)C(=O)N(CCCN3CCOCC3)[C@H]2c2ccc(C)cc2)c1C. The number of amides is 1. The molecule has 4 rings (SSSR count). The summed E-state index contributed by atoms with van der Waals surface area (Å²) >= 11 is 0. The number of H-pyrrole nitrogens is 1. The highest BCUT2D eigenvalue weighted by atomic mass is 16.5. The Balaban J connectivity index is 1.73. The summed E-state index contributed by atoms with van der Waals surface area (Å²) in [5, 5.41) is 11.5. The number of carbonyl (C=O) groups is 3. The minimum absolute atomic E-state index is 0.0286. The van der Waals surface area contributed by atoms with Crippen molar-refractivity contribution >= 4 is 23.4 Å². The summed E-state index contributed by atoms with van der Waals surface area (Å²) in [5.41, 5.74) is 3.35. The lowest BCUT2D eigenvalue weighted by Crippen LogP contribution is -2.38. The fourth-order valence-corrected chi connectivity index (χ4v) is 5.14. The second-order valence-corrected chi connectivity index (χ2v) is 9.56. The Hall–Kier alpha value is -3.43. The summed E-state index contributed by atoms with van der Waals surface area (Å²) in [6.45, 7) is 11.5. The maximum atomic E-state index is 13.4. The zero-order valence-electron chi connectivity index (χ0n) is 21.9. The highest BCUT2D eigenvalue weighted by Gasteiger charge is 2.46. The third-order valence-electron chi connectivity index (χ3n) is 7.06. The van der Waals surface area contributed by atoms with E-state index in [1.807, 2.05) is 31.2 Å². The van der Waals surface area contributed by atoms with Crippen LogP contribution >= 0.6 is 0 Å². The molecule has 198 valence electrons. The van der Waals surface area contributed by atoms with Crippen molar-refractivity contribution < 1.29 is 29.0 Å². The summed E-state index contributed by atoms with van der Waals surface area (Å²) in [4.78, 5) is 45.9. The third kappa shape index (κ3) is 5.33. The predicted octanol–water partition coefficient (Wildman–Crippen LogP) is 3.26. The van der Waals surface area contributed by atoms with Crippen LogP contribution in [0, 0.1) is 20.8 Å². The molecule has 1 aromatic carbocycles. The van der Waals surface area contributed by atoms with Crippen LogP contribution in [0.5, 0.6) is 0 Å². The Labute approximate surface area is 217 Å². The number of nitrogens with zero attached hydrogens (tertiary/aromatic N) is 2. The molecule has 2 fully saturated rings. The Morgan fingerprint density at radius 1 is 1.11 bits per heavy atom. The van der Waals surface area contributed by atoms with E-state index in [1.54, 1.807) is 25.7 Å². The van der Waals surface area contributed by atoms with Gasteiger partial charge < -0.3 is 24.5 Å². The van der Waals surface area contributed by atoms with Crippen molar-refractivity contribution in [3.8, 4) is 0 Å². The molecule has 0 aliphatic carbocycles. The van der Waals surface area contributed by atoms with Crippen LogP contribution in [0.3, 0.4) is 0 Å². The molecule has 1 aromatic heterocycles. The van der Waals surface area contributed by atoms with E-state index in [0.29, 0.717) is 43.0 Å². The number of nitrogens with one attached hydrogen (secondary N) is 1. The van der Waals surface area contributed by atoms with Crippen LogP contribution in [-0.4, -0.2) is 83.5 Å². The number of aliphatic hydroxyl groups excluding tert-OH is 1. The number of carbonyl (C=O) groups excluding carboxylic acids is 3. The van der Waals surface area contributed by atoms with Gasteiger partial charge in [0.1, 0.15) is 11.5 Å². The summed E-state index contributed by atoms with van der Waals surface area (Å²) in [6.07, 6.45) is 0.685. The molecule has 9 nitrogen and oxygen atoms in total. The number of ether oxygens (including phenoxy) is 2. The number of likely N-dealkylation sites (tertiary alicyclic amines) is 1. The van der Waals surface area contributed by atoms with Crippen molar-refractivity contribution in [2.45, 2.75) is 40.2 Å². The Morgan fingerprint density at radius 2 is 1.78 bits per heavy atom. The first kappa shape index (κ1) is 26.6. The van der Waals surface area contributed by atoms with Gasteiger partial charge in [0.05, 0.1) is 31.4 Å². The molecular weight excluding hydrogens is 474 g/mol. The molecule has 2 N–H and O–H groups in total. The van der Waals surface area contributed by atoms with Crippen LogP contribution < -0.4 is 0 Å². The lowest BCUT2D eigenvalue weighted by atomic mass is 9.93. The summed E-state index contributed by atoms with van der Waals surface area (Å²) < 4.78 is 10.5. The number of Topliss-reactive ketones (excluding diaryl/α,β-unsaturated/α-hetero) is 1. The number of aromatic nitrogens is 1. The molecule has 0 unspecified atom stereocenters. The van der Waals surface area contributed by atoms with E-state index in [0.717, 1.165) is 30.8 Å². The van der Waals surface area contributed by atoms with Crippen molar-refractivity contribution in [2.75, 3.05) is 46.0 Å². The van der Waals surface area contributed by atoms with Crippen molar-refractivity contribution in [2.24, 2.45) is 0 Å². The van der Waals surface area contributed by atoms with Gasteiger partial charge in [-0.3, -0.25) is 14.5 Å². The monoisotopic (exact) mass is 509 g/mol. The maximum Gasteiger partial charge on any atom is 0.355 e. The molecule has 37 heavy (non-hydrogen) atoms. The number of aliphatic hydroxyl groups is 1. The molecule has 2 aliphatic heterocycles. The van der Waals surface area contributed by atoms with Crippen LogP contribution in [0.2, 0.25) is 0 Å². The minimum Gasteiger partial charge on any atom is -0.507 e. The van der Waals surface area contributed by atoms with Crippen LogP contribution in [0.25, 0.3) is 5.76 Å². The van der Waals surface area contributed by atoms with Gasteiger partial charge in [0.15, 0.2) is 0 Å². The van der Waals surface area contributed by atoms with Gasteiger partial charge in [-0.05, 0) is 45.2 Å². The van der Waals surface area contributed by atoms with E-state index < -0.39 is 23.7 Å². The van der Waals surface area contributed by atoms with Crippen molar-refractivity contribution in [3.05, 3.63) is 63.5 Å². The van der Waals surface area contributed by atoms with Gasteiger partial charge in [-0.1, -0.05) is 29.8 Å². The molecule has 0 radical (unpaired) electrons. The molecule has 1 amide bonds. The number of rotatable bonds is 8. The Kier molecular flexibility index (Phi) is 8.14. The molecule has 2 aliphatic rings. The Bertz CT molecular complexity index is 1210. The van der Waals surface area contributed by atoms with Crippen LogP contribution in [0.1, 0.15) is 57.8 Å². The highest BCUT2D eigenvalue weighted by molar-refractivity contribution is 6.46. The van der Waals surface area contributed by atoms with Gasteiger partial charge in [-0.25, -0.2) is 4.79 Å². The molecule has 0 bridgehead atoms. The molecule has 0 spiro atoms. The van der Waals surface area contributed by atoms with Crippen LogP contribution in [0.4, 0.5) is 0 Å². The van der Waals surface area contributed by atoms with Crippen LogP contribution in [-0.2, 0) is 19.1 Å². The topological polar surface area (TPSA) is 112 Å². The van der Waals surface area contributed by atoms with Gasteiger partial charge in [0, 0.05) is 37.4 Å². The van der Waals surface area contributed by atoms with Crippen molar-refractivity contribution in [1.29, 1.82) is 0 Å². The average molecular weight is 510 g/mol. The molecule has 2 aromatic rings. The molecular formula is C28H35N3O6. The number of morpholine rings is 1. The zero-order chi connectivity index (χ0) is 26.7. The zero-order valence-corrected chi connectivity index (χ0v) is 21.9. The van der Waals surface area contributed by atoms with Gasteiger partial charge in [0.25, 0.3) is 11.7 Å². The number of aromatic amines is 1. The van der Waals surface area contributed by atoms with Gasteiger partial charge in [0.2, 0.25) is 0 Å². The fraction of sp³-hybridized carbons (Fsp3) is 0.464. The third-order valence-corrected chi connectivity index (χ3v) is 7.06. The average Bonchev–Trinajstić information content (AvgIpc) is 3.32. The highest BCUT2D eigenvalue weighted by Crippen LogP contribution is 2.41. The second-order valence-electron chi connectivity index (χ2n) is 9.56. The molecule has 2 saturated heterocycles. The molecule has 3 heterocycles. The van der Waals surface area contributed by atoms with E-state index in [1.165, 1.54) is 0 Å². The lowest BCUT2D eigenvalue weighted by Gasteiger charge is -2.29. The first-order chi connectivity index (χ1) is 17.7. The van der Waals surface area contributed by atoms with Crippen LogP contribution in [0.15, 0.2) is 29.8 Å². The lowest BCUT2D eigenvalue weighted by molar-refractivity contribution is -0.140. The minimum atomic E-state index is -0.731. The smallest absolute Gasteiger partial charge is 0.355 e. The molecule has 1 atom stereocenters. The normalized spacial score (nSPS) is 20.0. The second kappa shape index (κ2) is 11.3.